The van der Waals surface area contributed by atoms with Gasteiger partial charge in [-0.1, -0.05) is 18.2 Å². The molecule has 2 aromatic heterocycles. The molecule has 1 amide bonds. The zero-order valence-electron chi connectivity index (χ0n) is 12.2. The van der Waals surface area contributed by atoms with Gasteiger partial charge in [-0.15, -0.1) is 0 Å². The van der Waals surface area contributed by atoms with E-state index < -0.39 is 0 Å². The molecule has 3 aromatic rings. The molecule has 0 bridgehead atoms. The van der Waals surface area contributed by atoms with Crippen molar-refractivity contribution in [2.75, 3.05) is 6.54 Å². The highest BCUT2D eigenvalue weighted by atomic mass is 16.1. The van der Waals surface area contributed by atoms with Gasteiger partial charge in [-0.25, -0.2) is 4.98 Å². The Kier molecular flexibility index (Phi) is 3.48. The molecule has 21 heavy (non-hydrogen) atoms. The summed E-state index contributed by atoms with van der Waals surface area (Å²) in [5.74, 6) is -0.0391. The third kappa shape index (κ3) is 2.67. The fraction of sp³-hybridized carbons (Fsp3) is 0.250. The Hall–Kier alpha value is -2.56. The summed E-state index contributed by atoms with van der Waals surface area (Å²) in [6, 6.07) is 7.92. The van der Waals surface area contributed by atoms with E-state index in [0.29, 0.717) is 12.1 Å². The van der Waals surface area contributed by atoms with E-state index in [9.17, 15) is 4.79 Å². The Morgan fingerprint density at radius 2 is 2.05 bits per heavy atom. The van der Waals surface area contributed by atoms with Crippen LogP contribution in [0.1, 0.15) is 16.1 Å². The van der Waals surface area contributed by atoms with Crippen molar-refractivity contribution < 1.29 is 4.79 Å². The molecule has 0 aliphatic heterocycles. The van der Waals surface area contributed by atoms with Gasteiger partial charge in [0, 0.05) is 50.4 Å². The maximum Gasteiger partial charge on any atom is 0.253 e. The van der Waals surface area contributed by atoms with E-state index in [1.807, 2.05) is 59.9 Å². The maximum atomic E-state index is 12.3. The minimum Gasteiger partial charge on any atom is -0.352 e. The van der Waals surface area contributed by atoms with Crippen LogP contribution in [0.15, 0.2) is 43.0 Å². The van der Waals surface area contributed by atoms with Crippen LogP contribution in [0.5, 0.6) is 0 Å². The number of rotatable bonds is 4. The Labute approximate surface area is 123 Å². The van der Waals surface area contributed by atoms with Crippen molar-refractivity contribution in [3.8, 4) is 0 Å². The monoisotopic (exact) mass is 282 g/mol. The molecule has 0 atom stereocenters. The Bertz CT molecular complexity index is 785. The van der Waals surface area contributed by atoms with Crippen LogP contribution in [0.25, 0.3) is 10.9 Å². The predicted octanol–water partition coefficient (Wildman–Crippen LogP) is 1.88. The van der Waals surface area contributed by atoms with Gasteiger partial charge in [0.1, 0.15) is 0 Å². The standard InChI is InChI=1S/C16H18N4O/c1-19-9-12(18-11-19)7-8-17-16(21)14-10-20(2)15-6-4-3-5-13(14)15/h3-6,9-11H,7-8H2,1-2H3,(H,17,21). The van der Waals surface area contributed by atoms with Crippen LogP contribution in [0, 0.1) is 0 Å². The van der Waals surface area contributed by atoms with Gasteiger partial charge in [0.05, 0.1) is 17.6 Å². The van der Waals surface area contributed by atoms with Gasteiger partial charge in [-0.05, 0) is 6.07 Å². The Morgan fingerprint density at radius 1 is 1.24 bits per heavy atom. The van der Waals surface area contributed by atoms with E-state index in [1.165, 1.54) is 0 Å². The summed E-state index contributed by atoms with van der Waals surface area (Å²) in [4.78, 5) is 16.6. The number of carbonyl (C=O) groups is 1. The van der Waals surface area contributed by atoms with Crippen molar-refractivity contribution in [2.24, 2.45) is 14.1 Å². The molecule has 0 saturated carbocycles. The van der Waals surface area contributed by atoms with Crippen molar-refractivity contribution in [1.29, 1.82) is 0 Å². The minimum atomic E-state index is -0.0391. The summed E-state index contributed by atoms with van der Waals surface area (Å²) in [6.07, 6.45) is 6.34. The maximum absolute atomic E-state index is 12.3. The molecule has 0 saturated heterocycles. The van der Waals surface area contributed by atoms with E-state index in [2.05, 4.69) is 10.3 Å². The largest absolute Gasteiger partial charge is 0.352 e. The Morgan fingerprint density at radius 3 is 2.81 bits per heavy atom. The number of hydrogen-bond donors (Lipinski definition) is 1. The molecule has 108 valence electrons. The molecule has 3 rings (SSSR count). The molecule has 0 fully saturated rings. The highest BCUT2D eigenvalue weighted by molar-refractivity contribution is 6.06. The first-order valence-electron chi connectivity index (χ1n) is 6.94. The summed E-state index contributed by atoms with van der Waals surface area (Å²) in [5, 5.41) is 3.94. The minimum absolute atomic E-state index is 0.0391. The first kappa shape index (κ1) is 13.4. The third-order valence-electron chi connectivity index (χ3n) is 3.57. The fourth-order valence-electron chi connectivity index (χ4n) is 2.52. The van der Waals surface area contributed by atoms with E-state index in [4.69, 9.17) is 0 Å². The number of fused-ring (bicyclic) bond motifs is 1. The van der Waals surface area contributed by atoms with E-state index in [1.54, 1.807) is 6.33 Å². The average molecular weight is 282 g/mol. The third-order valence-corrected chi connectivity index (χ3v) is 3.57. The predicted molar refractivity (Wildman–Crippen MR) is 82.2 cm³/mol. The number of aryl methyl sites for hydroxylation is 2. The van der Waals surface area contributed by atoms with Gasteiger partial charge in [0.25, 0.3) is 5.91 Å². The van der Waals surface area contributed by atoms with E-state index in [0.717, 1.165) is 23.0 Å². The highest BCUT2D eigenvalue weighted by Crippen LogP contribution is 2.19. The first-order chi connectivity index (χ1) is 10.1. The zero-order chi connectivity index (χ0) is 14.8. The smallest absolute Gasteiger partial charge is 0.253 e. The lowest BCUT2D eigenvalue weighted by molar-refractivity contribution is 0.0955. The lowest BCUT2D eigenvalue weighted by Gasteiger charge is -2.02. The number of carbonyl (C=O) groups excluding carboxylic acids is 1. The molecule has 0 unspecified atom stereocenters. The molecule has 2 heterocycles. The number of benzene rings is 1. The molecule has 1 N–H and O–H groups in total. The van der Waals surface area contributed by atoms with Crippen LogP contribution >= 0.6 is 0 Å². The first-order valence-corrected chi connectivity index (χ1v) is 6.94. The topological polar surface area (TPSA) is 51.9 Å². The van der Waals surface area contributed by atoms with Gasteiger partial charge >= 0.3 is 0 Å². The van der Waals surface area contributed by atoms with Crippen LogP contribution in [0.2, 0.25) is 0 Å². The lowest BCUT2D eigenvalue weighted by Crippen LogP contribution is -2.25. The number of aromatic nitrogens is 3. The van der Waals surface area contributed by atoms with Crippen molar-refractivity contribution >= 4 is 16.8 Å². The lowest BCUT2D eigenvalue weighted by atomic mass is 10.1. The zero-order valence-corrected chi connectivity index (χ0v) is 12.2. The number of para-hydroxylation sites is 1. The van der Waals surface area contributed by atoms with E-state index >= 15 is 0 Å². The van der Waals surface area contributed by atoms with Crippen molar-refractivity contribution in [2.45, 2.75) is 6.42 Å². The summed E-state index contributed by atoms with van der Waals surface area (Å²) in [6.45, 7) is 0.582. The van der Waals surface area contributed by atoms with Gasteiger partial charge in [-0.3, -0.25) is 4.79 Å². The molecular formula is C16H18N4O. The number of nitrogens with zero attached hydrogens (tertiary/aromatic N) is 3. The molecule has 0 spiro atoms. The van der Waals surface area contributed by atoms with Crippen LogP contribution < -0.4 is 5.32 Å². The van der Waals surface area contributed by atoms with Crippen LogP contribution in [-0.4, -0.2) is 26.6 Å². The van der Waals surface area contributed by atoms with Crippen LogP contribution in [0.4, 0.5) is 0 Å². The second-order valence-electron chi connectivity index (χ2n) is 5.21. The Balaban J connectivity index is 1.69. The molecule has 0 radical (unpaired) electrons. The molecule has 5 nitrogen and oxygen atoms in total. The SMILES string of the molecule is Cn1cnc(CCNC(=O)c2cn(C)c3ccccc23)c1. The van der Waals surface area contributed by atoms with Gasteiger partial charge in [0.2, 0.25) is 0 Å². The van der Waals surface area contributed by atoms with Crippen LogP contribution in [-0.2, 0) is 20.5 Å². The molecule has 0 aliphatic rings. The number of amides is 1. The van der Waals surface area contributed by atoms with Gasteiger partial charge < -0.3 is 14.5 Å². The second-order valence-corrected chi connectivity index (χ2v) is 5.21. The average Bonchev–Trinajstić information content (AvgIpc) is 3.04. The van der Waals surface area contributed by atoms with Crippen molar-refractivity contribution in [3.63, 3.8) is 0 Å². The fourth-order valence-corrected chi connectivity index (χ4v) is 2.52. The van der Waals surface area contributed by atoms with Gasteiger partial charge in [-0.2, -0.15) is 0 Å². The van der Waals surface area contributed by atoms with Crippen molar-refractivity contribution in [3.05, 3.63) is 54.2 Å². The molecule has 0 aliphatic carbocycles. The second kappa shape index (κ2) is 5.44. The molecule has 5 heteroatoms. The quantitative estimate of drug-likeness (QED) is 0.794. The molecular weight excluding hydrogens is 264 g/mol. The van der Waals surface area contributed by atoms with Gasteiger partial charge in [0.15, 0.2) is 0 Å². The summed E-state index contributed by atoms with van der Waals surface area (Å²) in [5.41, 5.74) is 2.76. The molecule has 1 aromatic carbocycles. The normalized spacial score (nSPS) is 11.0. The summed E-state index contributed by atoms with van der Waals surface area (Å²) in [7, 11) is 3.89. The summed E-state index contributed by atoms with van der Waals surface area (Å²) < 4.78 is 3.88. The van der Waals surface area contributed by atoms with Crippen molar-refractivity contribution in [1.82, 2.24) is 19.4 Å². The number of hydrogen-bond acceptors (Lipinski definition) is 2. The number of nitrogens with one attached hydrogen (secondary N) is 1. The number of imidazole rings is 1. The highest BCUT2D eigenvalue weighted by Gasteiger charge is 2.12. The van der Waals surface area contributed by atoms with Crippen LogP contribution in [0.3, 0.4) is 0 Å². The van der Waals surface area contributed by atoms with E-state index in [-0.39, 0.29) is 5.91 Å². The summed E-state index contributed by atoms with van der Waals surface area (Å²) >= 11 is 0.